The van der Waals surface area contributed by atoms with Gasteiger partial charge in [-0.2, -0.15) is 0 Å². The molecule has 0 atom stereocenters. The van der Waals surface area contributed by atoms with Crippen molar-refractivity contribution in [3.8, 4) is 0 Å². The molecule has 0 saturated carbocycles. The molecule has 0 N–H and O–H groups in total. The zero-order valence-corrected chi connectivity index (χ0v) is 13.9. The maximum absolute atomic E-state index is 11.8. The van der Waals surface area contributed by atoms with Crippen LogP contribution in [0.15, 0.2) is 22.7 Å². The Morgan fingerprint density at radius 3 is 2.85 bits per heavy atom. The second kappa shape index (κ2) is 6.59. The van der Waals surface area contributed by atoms with E-state index in [9.17, 15) is 4.79 Å². The van der Waals surface area contributed by atoms with Crippen LogP contribution in [0.2, 0.25) is 0 Å². The minimum Gasteiger partial charge on any atom is -0.349 e. The molecule has 0 fully saturated rings. The summed E-state index contributed by atoms with van der Waals surface area (Å²) >= 11 is 9.29. The maximum Gasteiger partial charge on any atom is 0.223 e. The predicted molar refractivity (Wildman–Crippen MR) is 85.2 cm³/mol. The van der Waals surface area contributed by atoms with Gasteiger partial charge in [-0.25, -0.2) is 4.98 Å². The van der Waals surface area contributed by atoms with Crippen LogP contribution in [0.25, 0.3) is 11.0 Å². The average molecular weight is 359 g/mol. The van der Waals surface area contributed by atoms with Crippen molar-refractivity contribution < 1.29 is 4.79 Å². The first kappa shape index (κ1) is 15.3. The molecule has 0 aliphatic heterocycles. The number of carbonyl (C=O) groups excluding carboxylic acids is 1. The summed E-state index contributed by atoms with van der Waals surface area (Å²) in [5.41, 5.74) is 1.97. The molecule has 2 rings (SSSR count). The summed E-state index contributed by atoms with van der Waals surface area (Å²) in [4.78, 5) is 18.0. The fourth-order valence-corrected chi connectivity index (χ4v) is 2.63. The van der Waals surface area contributed by atoms with Crippen LogP contribution in [0.4, 0.5) is 0 Å². The Bertz CT molecular complexity index is 624. The molecule has 1 heterocycles. The minimum atomic E-state index is 0.112. The molecule has 0 aliphatic carbocycles. The molecule has 6 heteroatoms. The smallest absolute Gasteiger partial charge is 0.223 e. The molecule has 0 bridgehead atoms. The zero-order chi connectivity index (χ0) is 14.7. The normalized spacial score (nSPS) is 11.0. The van der Waals surface area contributed by atoms with Crippen LogP contribution < -0.4 is 0 Å². The SMILES string of the molecule is CN(C)C(=O)CCn1c(CCCl)nc2cc(Br)ccc21. The highest BCUT2D eigenvalue weighted by molar-refractivity contribution is 9.10. The fourth-order valence-electron chi connectivity index (χ4n) is 2.11. The van der Waals surface area contributed by atoms with Crippen molar-refractivity contribution in [1.29, 1.82) is 0 Å². The van der Waals surface area contributed by atoms with Crippen LogP contribution in [0, 0.1) is 0 Å². The number of rotatable bonds is 5. The number of hydrogen-bond acceptors (Lipinski definition) is 2. The van der Waals surface area contributed by atoms with Crippen LogP contribution >= 0.6 is 27.5 Å². The zero-order valence-electron chi connectivity index (χ0n) is 11.6. The van der Waals surface area contributed by atoms with Gasteiger partial charge in [-0.15, -0.1) is 11.6 Å². The Labute approximate surface area is 131 Å². The van der Waals surface area contributed by atoms with Gasteiger partial charge in [0.25, 0.3) is 0 Å². The minimum absolute atomic E-state index is 0.112. The first-order valence-corrected chi connectivity index (χ1v) is 7.76. The van der Waals surface area contributed by atoms with Gasteiger partial charge in [-0.3, -0.25) is 4.79 Å². The molecule has 0 radical (unpaired) electrons. The number of alkyl halides is 1. The molecular formula is C14H17BrClN3O. The molecule has 0 aliphatic rings. The van der Waals surface area contributed by atoms with Crippen LogP contribution in [-0.4, -0.2) is 40.3 Å². The van der Waals surface area contributed by atoms with Crippen LogP contribution in [-0.2, 0) is 17.8 Å². The lowest BCUT2D eigenvalue weighted by Crippen LogP contribution is -2.23. The van der Waals surface area contributed by atoms with Crippen LogP contribution in [0.1, 0.15) is 12.2 Å². The lowest BCUT2D eigenvalue weighted by molar-refractivity contribution is -0.128. The molecule has 0 unspecified atom stereocenters. The molecule has 1 amide bonds. The molecule has 4 nitrogen and oxygen atoms in total. The van der Waals surface area contributed by atoms with Crippen molar-refractivity contribution in [2.45, 2.75) is 19.4 Å². The summed E-state index contributed by atoms with van der Waals surface area (Å²) in [5.74, 6) is 1.56. The monoisotopic (exact) mass is 357 g/mol. The fraction of sp³-hybridized carbons (Fsp3) is 0.429. The maximum atomic E-state index is 11.8. The predicted octanol–water partition coefficient (Wildman–Crippen LogP) is 3.06. The summed E-state index contributed by atoms with van der Waals surface area (Å²) in [7, 11) is 3.54. The third kappa shape index (κ3) is 3.33. The average Bonchev–Trinajstić information content (AvgIpc) is 2.72. The van der Waals surface area contributed by atoms with Crippen molar-refractivity contribution in [3.05, 3.63) is 28.5 Å². The van der Waals surface area contributed by atoms with E-state index in [1.54, 1.807) is 19.0 Å². The molecule has 0 saturated heterocycles. The van der Waals surface area contributed by atoms with Crippen molar-refractivity contribution in [2.24, 2.45) is 0 Å². The van der Waals surface area contributed by atoms with Crippen molar-refractivity contribution in [3.63, 3.8) is 0 Å². The number of hydrogen-bond donors (Lipinski definition) is 0. The van der Waals surface area contributed by atoms with E-state index in [1.807, 2.05) is 18.2 Å². The lowest BCUT2D eigenvalue weighted by atomic mass is 10.3. The molecular weight excluding hydrogens is 342 g/mol. The Kier molecular flexibility index (Phi) is 5.05. The van der Waals surface area contributed by atoms with Crippen molar-refractivity contribution in [2.75, 3.05) is 20.0 Å². The number of halogens is 2. The first-order valence-electron chi connectivity index (χ1n) is 6.43. The van der Waals surface area contributed by atoms with Gasteiger partial charge in [-0.1, -0.05) is 15.9 Å². The van der Waals surface area contributed by atoms with Gasteiger partial charge >= 0.3 is 0 Å². The molecule has 1 aromatic heterocycles. The Hall–Kier alpha value is -1.07. The molecule has 108 valence electrons. The number of benzene rings is 1. The molecule has 1 aromatic carbocycles. The van der Waals surface area contributed by atoms with Gasteiger partial charge in [0.1, 0.15) is 5.82 Å². The van der Waals surface area contributed by atoms with E-state index in [-0.39, 0.29) is 5.91 Å². The quantitative estimate of drug-likeness (QED) is 0.771. The van der Waals surface area contributed by atoms with Crippen LogP contribution in [0.5, 0.6) is 0 Å². The first-order chi connectivity index (χ1) is 9.52. The number of amides is 1. The second-order valence-electron chi connectivity index (χ2n) is 4.79. The number of carbonyl (C=O) groups is 1. The summed E-state index contributed by atoms with van der Waals surface area (Å²) < 4.78 is 3.09. The van der Waals surface area contributed by atoms with E-state index in [1.165, 1.54) is 0 Å². The number of aryl methyl sites for hydroxylation is 2. The largest absolute Gasteiger partial charge is 0.349 e. The molecule has 20 heavy (non-hydrogen) atoms. The van der Waals surface area contributed by atoms with Gasteiger partial charge in [0, 0.05) is 43.8 Å². The molecule has 2 aromatic rings. The van der Waals surface area contributed by atoms with Crippen molar-refractivity contribution >= 4 is 44.5 Å². The third-order valence-corrected chi connectivity index (χ3v) is 3.84. The number of fused-ring (bicyclic) bond motifs is 1. The van der Waals surface area contributed by atoms with Gasteiger partial charge in [0.15, 0.2) is 0 Å². The van der Waals surface area contributed by atoms with E-state index in [2.05, 4.69) is 25.5 Å². The summed E-state index contributed by atoms with van der Waals surface area (Å²) in [5, 5.41) is 0. The van der Waals surface area contributed by atoms with E-state index in [0.29, 0.717) is 25.3 Å². The van der Waals surface area contributed by atoms with Gasteiger partial charge in [-0.05, 0) is 18.2 Å². The number of nitrogens with zero attached hydrogens (tertiary/aromatic N) is 3. The van der Waals surface area contributed by atoms with E-state index >= 15 is 0 Å². The van der Waals surface area contributed by atoms with Gasteiger partial charge in [0.05, 0.1) is 11.0 Å². The van der Waals surface area contributed by atoms with Gasteiger partial charge in [0.2, 0.25) is 5.91 Å². The Morgan fingerprint density at radius 2 is 2.20 bits per heavy atom. The van der Waals surface area contributed by atoms with Gasteiger partial charge < -0.3 is 9.47 Å². The summed E-state index contributed by atoms with van der Waals surface area (Å²) in [6.45, 7) is 0.626. The lowest BCUT2D eigenvalue weighted by Gasteiger charge is -2.12. The summed E-state index contributed by atoms with van der Waals surface area (Å²) in [6, 6.07) is 5.99. The topological polar surface area (TPSA) is 38.1 Å². The Morgan fingerprint density at radius 1 is 1.45 bits per heavy atom. The highest BCUT2D eigenvalue weighted by atomic mass is 79.9. The summed E-state index contributed by atoms with van der Waals surface area (Å²) in [6.07, 6.45) is 1.16. The highest BCUT2D eigenvalue weighted by Crippen LogP contribution is 2.22. The third-order valence-electron chi connectivity index (χ3n) is 3.16. The second-order valence-corrected chi connectivity index (χ2v) is 6.08. The molecule has 0 spiro atoms. The van der Waals surface area contributed by atoms with Crippen LogP contribution in [0.3, 0.4) is 0 Å². The Balaban J connectivity index is 2.33. The van der Waals surface area contributed by atoms with E-state index < -0.39 is 0 Å². The van der Waals surface area contributed by atoms with E-state index in [0.717, 1.165) is 21.3 Å². The van der Waals surface area contributed by atoms with Crippen molar-refractivity contribution in [1.82, 2.24) is 14.5 Å². The number of aromatic nitrogens is 2. The van der Waals surface area contributed by atoms with E-state index in [4.69, 9.17) is 11.6 Å². The number of imidazole rings is 1. The highest BCUT2D eigenvalue weighted by Gasteiger charge is 2.12. The standard InChI is InChI=1S/C14H17BrClN3O/c1-18(2)14(20)6-8-19-12-4-3-10(15)9-11(12)17-13(19)5-7-16/h3-4,9H,5-8H2,1-2H3.